The summed E-state index contributed by atoms with van der Waals surface area (Å²) in [6, 6.07) is 0.278. The maximum atomic E-state index is 12.5. The van der Waals surface area contributed by atoms with E-state index in [4.69, 9.17) is 19.9 Å². The molecule has 5 heterocycles. The number of fused-ring (bicyclic) bond motifs is 2. The number of unbranched alkanes of at least 4 members (excludes halogenated alkanes) is 3. The number of nitrogens with one attached hydrogen (secondary N) is 2. The lowest BCUT2D eigenvalue weighted by atomic mass is 10.0. The number of nitrogens with zero attached hydrogens (tertiary/aromatic N) is 4. The normalized spacial score (nSPS) is 27.4. The highest BCUT2D eigenvalue weighted by Crippen LogP contribution is 2.35. The van der Waals surface area contributed by atoms with E-state index in [1.165, 1.54) is 6.33 Å². The van der Waals surface area contributed by atoms with Gasteiger partial charge >= 0.3 is 18.0 Å². The van der Waals surface area contributed by atoms with Gasteiger partial charge in [0.2, 0.25) is 0 Å². The maximum absolute atomic E-state index is 12.5. The Hall–Kier alpha value is -3.13. The Morgan fingerprint density at radius 1 is 1.15 bits per heavy atom. The molecule has 6 atom stereocenters. The number of carbonyl (C=O) groups is 3. The molecule has 0 saturated carbocycles. The largest absolute Gasteiger partial charge is 0.463 e. The predicted octanol–water partition coefficient (Wildman–Crippen LogP) is 2.46. The zero-order chi connectivity index (χ0) is 28.1. The number of esters is 2. The summed E-state index contributed by atoms with van der Waals surface area (Å²) in [5.74, 6) is 0.587. The van der Waals surface area contributed by atoms with Crippen LogP contribution in [0.3, 0.4) is 0 Å². The molecule has 218 valence electrons. The first-order valence-electron chi connectivity index (χ1n) is 14.0. The van der Waals surface area contributed by atoms with Crippen LogP contribution in [0.15, 0.2) is 12.7 Å². The molecular weight excluding hydrogens is 538 g/mol. The Morgan fingerprint density at radius 2 is 1.98 bits per heavy atom. The third kappa shape index (κ3) is 6.60. The molecule has 0 radical (unpaired) electrons. The molecule has 3 aliphatic rings. The van der Waals surface area contributed by atoms with E-state index in [-0.39, 0.29) is 42.5 Å². The highest BCUT2D eigenvalue weighted by Gasteiger charge is 2.43. The third-order valence-electron chi connectivity index (χ3n) is 7.56. The molecule has 3 saturated heterocycles. The molecule has 13 nitrogen and oxygen atoms in total. The van der Waals surface area contributed by atoms with Gasteiger partial charge < -0.3 is 30.6 Å². The van der Waals surface area contributed by atoms with Gasteiger partial charge in [-0.15, -0.1) is 0 Å². The predicted molar refractivity (Wildman–Crippen MR) is 147 cm³/mol. The Morgan fingerprint density at radius 3 is 2.83 bits per heavy atom. The van der Waals surface area contributed by atoms with Gasteiger partial charge in [0.1, 0.15) is 24.6 Å². The van der Waals surface area contributed by atoms with E-state index in [1.807, 2.05) is 11.8 Å². The topological polar surface area (TPSA) is 173 Å². The van der Waals surface area contributed by atoms with Gasteiger partial charge in [0.05, 0.1) is 24.5 Å². The van der Waals surface area contributed by atoms with E-state index in [2.05, 4.69) is 32.5 Å². The van der Waals surface area contributed by atoms with Crippen LogP contribution in [0.5, 0.6) is 0 Å². The quantitative estimate of drug-likeness (QED) is 0.182. The van der Waals surface area contributed by atoms with E-state index >= 15 is 0 Å². The number of anilines is 1. The molecule has 0 bridgehead atoms. The average Bonchev–Trinajstić information content (AvgIpc) is 3.70. The van der Waals surface area contributed by atoms with Crippen LogP contribution in [0, 0.1) is 0 Å². The number of nitrogens with two attached hydrogens (primary N) is 1. The summed E-state index contributed by atoms with van der Waals surface area (Å²) in [6.45, 7) is 2.14. The fourth-order valence-electron chi connectivity index (χ4n) is 5.49. The number of aromatic nitrogens is 4. The van der Waals surface area contributed by atoms with Crippen LogP contribution in [0.4, 0.5) is 10.6 Å². The minimum absolute atomic E-state index is 0.0584. The minimum Gasteiger partial charge on any atom is -0.463 e. The van der Waals surface area contributed by atoms with Crippen molar-refractivity contribution in [3.63, 3.8) is 0 Å². The number of ether oxygens (including phenoxy) is 3. The van der Waals surface area contributed by atoms with Crippen LogP contribution in [-0.2, 0) is 23.8 Å². The van der Waals surface area contributed by atoms with Crippen molar-refractivity contribution in [3.8, 4) is 0 Å². The molecule has 2 amide bonds. The third-order valence-corrected chi connectivity index (χ3v) is 9.07. The molecule has 3 aliphatic heterocycles. The summed E-state index contributed by atoms with van der Waals surface area (Å²) in [7, 11) is 0. The van der Waals surface area contributed by atoms with Crippen molar-refractivity contribution in [2.75, 3.05) is 18.1 Å². The zero-order valence-electron chi connectivity index (χ0n) is 22.6. The molecule has 0 spiro atoms. The second-order valence-electron chi connectivity index (χ2n) is 10.5. The van der Waals surface area contributed by atoms with Gasteiger partial charge in [-0.25, -0.2) is 19.7 Å². The number of hydrogen-bond acceptors (Lipinski definition) is 11. The maximum Gasteiger partial charge on any atom is 0.315 e. The molecule has 0 aromatic carbocycles. The van der Waals surface area contributed by atoms with E-state index in [0.717, 1.165) is 37.9 Å². The van der Waals surface area contributed by atoms with Crippen LogP contribution >= 0.6 is 11.8 Å². The molecule has 2 aromatic rings. The van der Waals surface area contributed by atoms with Crippen LogP contribution < -0.4 is 16.4 Å². The molecule has 14 heteroatoms. The Kier molecular flexibility index (Phi) is 9.25. The van der Waals surface area contributed by atoms with Crippen LogP contribution in [0.1, 0.15) is 70.9 Å². The molecule has 3 fully saturated rings. The first-order valence-corrected chi connectivity index (χ1v) is 15.1. The minimum atomic E-state index is -0.684. The van der Waals surface area contributed by atoms with Crippen molar-refractivity contribution in [2.24, 2.45) is 0 Å². The molecular formula is C26H37N7O6S. The number of imidazole rings is 1. The van der Waals surface area contributed by atoms with E-state index < -0.39 is 18.4 Å². The van der Waals surface area contributed by atoms with Crippen LogP contribution in [0.25, 0.3) is 11.2 Å². The van der Waals surface area contributed by atoms with Crippen molar-refractivity contribution in [2.45, 2.75) is 100 Å². The number of urea groups is 1. The number of rotatable bonds is 13. The lowest BCUT2D eigenvalue weighted by Gasteiger charge is -2.20. The highest BCUT2D eigenvalue weighted by atomic mass is 32.2. The highest BCUT2D eigenvalue weighted by molar-refractivity contribution is 8.00. The summed E-state index contributed by atoms with van der Waals surface area (Å²) in [5, 5.41) is 6.30. The van der Waals surface area contributed by atoms with Gasteiger partial charge in [-0.05, 0) is 19.3 Å². The average molecular weight is 576 g/mol. The van der Waals surface area contributed by atoms with Gasteiger partial charge in [0.15, 0.2) is 17.7 Å². The summed E-state index contributed by atoms with van der Waals surface area (Å²) in [5.41, 5.74) is 6.85. The van der Waals surface area contributed by atoms with Crippen LogP contribution in [-0.4, -0.2) is 79.4 Å². The van der Waals surface area contributed by atoms with Crippen molar-refractivity contribution >= 4 is 46.7 Å². The zero-order valence-corrected chi connectivity index (χ0v) is 23.4. The Bertz CT molecular complexity index is 1210. The van der Waals surface area contributed by atoms with E-state index in [0.29, 0.717) is 42.1 Å². The number of hydrogen-bond donors (Lipinski definition) is 3. The molecule has 0 aliphatic carbocycles. The lowest BCUT2D eigenvalue weighted by Crippen LogP contribution is -2.36. The summed E-state index contributed by atoms with van der Waals surface area (Å²) in [6.07, 6.45) is 7.43. The summed E-state index contributed by atoms with van der Waals surface area (Å²) >= 11 is 1.87. The monoisotopic (exact) mass is 575 g/mol. The first kappa shape index (κ1) is 28.4. The van der Waals surface area contributed by atoms with Gasteiger partial charge in [-0.1, -0.05) is 26.2 Å². The van der Waals surface area contributed by atoms with Gasteiger partial charge in [0.25, 0.3) is 0 Å². The van der Waals surface area contributed by atoms with E-state index in [9.17, 15) is 14.4 Å². The molecule has 2 aromatic heterocycles. The first-order chi connectivity index (χ1) is 19.4. The Labute approximate surface area is 236 Å². The number of nitrogen functional groups attached to an aromatic ring is 1. The lowest BCUT2D eigenvalue weighted by molar-refractivity contribution is -0.155. The number of carbonyl (C=O) groups excluding carboxylic acids is 3. The summed E-state index contributed by atoms with van der Waals surface area (Å²) < 4.78 is 19.3. The van der Waals surface area contributed by atoms with Crippen molar-refractivity contribution < 1.29 is 28.6 Å². The van der Waals surface area contributed by atoms with E-state index in [1.54, 1.807) is 10.9 Å². The van der Waals surface area contributed by atoms with Gasteiger partial charge in [-0.2, -0.15) is 11.8 Å². The van der Waals surface area contributed by atoms with Crippen molar-refractivity contribution in [3.05, 3.63) is 12.7 Å². The second-order valence-corrected chi connectivity index (χ2v) is 11.8. The fourth-order valence-corrected chi connectivity index (χ4v) is 7.04. The Balaban J connectivity index is 1.11. The fraction of sp³-hybridized carbons (Fsp3) is 0.692. The second kappa shape index (κ2) is 13.0. The standard InChI is InChI=1S/C26H37N7O6S/c1-2-3-4-9-20(35)39-17-10-15(38-25(17)33-14-30-22-23(27)28-13-29-24(22)33)11-37-19(34)8-6-5-7-18-21-16(12-40-18)31-26(36)32-21/h13-18,21,25H,2-12H2,1H3,(H2,27,28,29)(H2,31,32,36)/t15-,16-,17?,18-,21-,25+/m0/s1. The molecule has 1 unspecified atom stereocenters. The molecule has 40 heavy (non-hydrogen) atoms. The number of amides is 2. The smallest absolute Gasteiger partial charge is 0.315 e. The number of thioether (sulfide) groups is 1. The summed E-state index contributed by atoms with van der Waals surface area (Å²) in [4.78, 5) is 49.1. The SMILES string of the molecule is CCCCCC(=O)OC1C[C@@H](COC(=O)CCCC[C@@H]2SC[C@@H]3NC(=O)N[C@@H]32)O[C@H]1n1cnc2c(N)ncnc21. The molecule has 4 N–H and O–H groups in total. The van der Waals surface area contributed by atoms with Crippen molar-refractivity contribution in [1.29, 1.82) is 0 Å². The van der Waals surface area contributed by atoms with Gasteiger partial charge in [0, 0.05) is 30.3 Å². The molecule has 5 rings (SSSR count). The van der Waals surface area contributed by atoms with Crippen molar-refractivity contribution in [1.82, 2.24) is 30.2 Å². The van der Waals surface area contributed by atoms with Crippen LogP contribution in [0.2, 0.25) is 0 Å². The van der Waals surface area contributed by atoms with Gasteiger partial charge in [-0.3, -0.25) is 14.2 Å².